The van der Waals surface area contributed by atoms with Gasteiger partial charge in [0.1, 0.15) is 11.4 Å². The summed E-state index contributed by atoms with van der Waals surface area (Å²) in [6.07, 6.45) is -1.31. The van der Waals surface area contributed by atoms with Crippen molar-refractivity contribution < 1.29 is 33.1 Å². The van der Waals surface area contributed by atoms with Gasteiger partial charge in [-0.2, -0.15) is 0 Å². The zero-order valence-corrected chi connectivity index (χ0v) is 16.9. The van der Waals surface area contributed by atoms with Crippen molar-refractivity contribution in [1.29, 1.82) is 0 Å². The van der Waals surface area contributed by atoms with Crippen LogP contribution in [-0.4, -0.2) is 36.6 Å². The lowest BCUT2D eigenvalue weighted by Gasteiger charge is -2.15. The SMILES string of the molecule is CCOc1cc([N+](=O)[O-])c(C(=O)O[C@H](C)C(=O)Nc2ccc(C)c(F)c2)cc1OC. The maximum Gasteiger partial charge on any atom is 0.346 e. The second-order valence-electron chi connectivity index (χ2n) is 6.21. The summed E-state index contributed by atoms with van der Waals surface area (Å²) in [7, 11) is 1.32. The number of carbonyl (C=O) groups is 2. The summed E-state index contributed by atoms with van der Waals surface area (Å²) in [6, 6.07) is 6.28. The number of nitrogens with zero attached hydrogens (tertiary/aromatic N) is 1. The molecule has 1 amide bonds. The predicted molar refractivity (Wildman–Crippen MR) is 105 cm³/mol. The highest BCUT2D eigenvalue weighted by Gasteiger charge is 2.28. The number of esters is 1. The molecule has 30 heavy (non-hydrogen) atoms. The Bertz CT molecular complexity index is 978. The zero-order chi connectivity index (χ0) is 22.4. The molecule has 0 bridgehead atoms. The fourth-order valence-corrected chi connectivity index (χ4v) is 2.48. The van der Waals surface area contributed by atoms with Gasteiger partial charge < -0.3 is 19.5 Å². The van der Waals surface area contributed by atoms with E-state index in [0.717, 1.165) is 18.2 Å². The normalized spacial score (nSPS) is 11.4. The number of hydrogen-bond acceptors (Lipinski definition) is 7. The summed E-state index contributed by atoms with van der Waals surface area (Å²) in [5.41, 5.74) is -0.372. The van der Waals surface area contributed by atoms with Crippen LogP contribution in [0.15, 0.2) is 30.3 Å². The van der Waals surface area contributed by atoms with Crippen LogP contribution < -0.4 is 14.8 Å². The summed E-state index contributed by atoms with van der Waals surface area (Å²) in [4.78, 5) is 35.4. The standard InChI is InChI=1S/C20H21FN2O7/c1-5-29-18-10-16(23(26)27)14(9-17(18)28-4)20(25)30-12(3)19(24)22-13-7-6-11(2)15(21)8-13/h6-10,12H,5H2,1-4H3,(H,22,24)/t12-/m1/s1. The van der Waals surface area contributed by atoms with Crippen molar-refractivity contribution in [2.24, 2.45) is 0 Å². The van der Waals surface area contributed by atoms with Crippen LogP contribution in [0.2, 0.25) is 0 Å². The van der Waals surface area contributed by atoms with Gasteiger partial charge in [-0.3, -0.25) is 14.9 Å². The third kappa shape index (κ3) is 5.22. The number of anilines is 1. The molecule has 2 rings (SSSR count). The smallest absolute Gasteiger partial charge is 0.346 e. The summed E-state index contributed by atoms with van der Waals surface area (Å²) in [6.45, 7) is 4.78. The number of hydrogen-bond donors (Lipinski definition) is 1. The Balaban J connectivity index is 2.21. The second-order valence-corrected chi connectivity index (χ2v) is 6.21. The van der Waals surface area contributed by atoms with Crippen LogP contribution >= 0.6 is 0 Å². The fraction of sp³-hybridized carbons (Fsp3) is 0.300. The van der Waals surface area contributed by atoms with E-state index < -0.39 is 40.0 Å². The van der Waals surface area contributed by atoms with Gasteiger partial charge in [-0.1, -0.05) is 6.07 Å². The molecule has 0 spiro atoms. The number of amides is 1. The van der Waals surface area contributed by atoms with Gasteiger partial charge in [-0.05, 0) is 38.5 Å². The Kier molecular flexibility index (Phi) is 7.29. The molecule has 0 fully saturated rings. The Morgan fingerprint density at radius 1 is 1.23 bits per heavy atom. The van der Waals surface area contributed by atoms with E-state index in [1.165, 1.54) is 26.2 Å². The van der Waals surface area contributed by atoms with Gasteiger partial charge in [0.2, 0.25) is 0 Å². The molecule has 0 saturated heterocycles. The molecule has 0 saturated carbocycles. The Labute approximate surface area is 171 Å². The molecule has 0 radical (unpaired) electrons. The first-order chi connectivity index (χ1) is 14.2. The molecule has 160 valence electrons. The quantitative estimate of drug-likeness (QED) is 0.394. The summed E-state index contributed by atoms with van der Waals surface area (Å²) < 4.78 is 29.1. The summed E-state index contributed by atoms with van der Waals surface area (Å²) in [5, 5.41) is 13.8. The molecule has 0 aliphatic carbocycles. The molecular formula is C20H21FN2O7. The van der Waals surface area contributed by atoms with Gasteiger partial charge >= 0.3 is 5.97 Å². The number of nitro benzene ring substituents is 1. The molecule has 0 unspecified atom stereocenters. The summed E-state index contributed by atoms with van der Waals surface area (Å²) >= 11 is 0. The van der Waals surface area contributed by atoms with Crippen molar-refractivity contribution in [3.8, 4) is 11.5 Å². The minimum absolute atomic E-state index is 0.0930. The topological polar surface area (TPSA) is 117 Å². The van der Waals surface area contributed by atoms with E-state index in [9.17, 15) is 24.1 Å². The number of halogens is 1. The van der Waals surface area contributed by atoms with Crippen LogP contribution in [-0.2, 0) is 9.53 Å². The third-order valence-electron chi connectivity index (χ3n) is 4.09. The highest BCUT2D eigenvalue weighted by Crippen LogP contribution is 2.35. The first-order valence-electron chi connectivity index (χ1n) is 8.95. The molecule has 0 heterocycles. The zero-order valence-electron chi connectivity index (χ0n) is 16.9. The maximum absolute atomic E-state index is 13.6. The van der Waals surface area contributed by atoms with Crippen LogP contribution in [0.4, 0.5) is 15.8 Å². The van der Waals surface area contributed by atoms with Crippen LogP contribution in [0.25, 0.3) is 0 Å². The van der Waals surface area contributed by atoms with Crippen molar-refractivity contribution in [2.45, 2.75) is 26.9 Å². The van der Waals surface area contributed by atoms with E-state index in [-0.39, 0.29) is 23.8 Å². The van der Waals surface area contributed by atoms with Crippen molar-refractivity contribution in [3.05, 3.63) is 57.4 Å². The Morgan fingerprint density at radius 3 is 2.50 bits per heavy atom. The molecule has 10 heteroatoms. The number of nitro groups is 1. The van der Waals surface area contributed by atoms with Gasteiger partial charge in [-0.25, -0.2) is 9.18 Å². The van der Waals surface area contributed by atoms with E-state index in [2.05, 4.69) is 5.32 Å². The number of aryl methyl sites for hydroxylation is 1. The molecule has 9 nitrogen and oxygen atoms in total. The highest BCUT2D eigenvalue weighted by atomic mass is 19.1. The molecule has 0 aliphatic heterocycles. The summed E-state index contributed by atoms with van der Waals surface area (Å²) in [5.74, 6) is -2.14. The van der Waals surface area contributed by atoms with Crippen molar-refractivity contribution in [1.82, 2.24) is 0 Å². The van der Waals surface area contributed by atoms with Gasteiger partial charge in [-0.15, -0.1) is 0 Å². The van der Waals surface area contributed by atoms with E-state index >= 15 is 0 Å². The largest absolute Gasteiger partial charge is 0.493 e. The Morgan fingerprint density at radius 2 is 1.93 bits per heavy atom. The lowest BCUT2D eigenvalue weighted by atomic mass is 10.1. The lowest BCUT2D eigenvalue weighted by Crippen LogP contribution is -2.30. The number of carbonyl (C=O) groups excluding carboxylic acids is 2. The van der Waals surface area contributed by atoms with E-state index in [1.54, 1.807) is 13.8 Å². The van der Waals surface area contributed by atoms with Crippen LogP contribution in [0.1, 0.15) is 29.8 Å². The number of rotatable bonds is 8. The molecule has 0 aromatic heterocycles. The first kappa shape index (κ1) is 22.6. The van der Waals surface area contributed by atoms with Gasteiger partial charge in [0.25, 0.3) is 11.6 Å². The minimum Gasteiger partial charge on any atom is -0.493 e. The molecule has 1 N–H and O–H groups in total. The lowest BCUT2D eigenvalue weighted by molar-refractivity contribution is -0.385. The minimum atomic E-state index is -1.31. The fourth-order valence-electron chi connectivity index (χ4n) is 2.48. The van der Waals surface area contributed by atoms with Gasteiger partial charge in [0.15, 0.2) is 17.6 Å². The molecule has 0 aliphatic rings. The number of methoxy groups -OCH3 is 1. The van der Waals surface area contributed by atoms with Gasteiger partial charge in [0.05, 0.1) is 24.7 Å². The maximum atomic E-state index is 13.6. The van der Waals surface area contributed by atoms with E-state index in [1.807, 2.05) is 0 Å². The second kappa shape index (κ2) is 9.68. The third-order valence-corrected chi connectivity index (χ3v) is 4.09. The van der Waals surface area contributed by atoms with E-state index in [4.69, 9.17) is 14.2 Å². The monoisotopic (exact) mass is 420 g/mol. The number of nitrogens with one attached hydrogen (secondary N) is 1. The predicted octanol–water partition coefficient (Wildman–Crippen LogP) is 3.63. The number of ether oxygens (including phenoxy) is 3. The first-order valence-corrected chi connectivity index (χ1v) is 8.95. The molecule has 1 atom stereocenters. The number of benzene rings is 2. The van der Waals surface area contributed by atoms with Crippen LogP contribution in [0, 0.1) is 22.9 Å². The van der Waals surface area contributed by atoms with Crippen LogP contribution in [0.3, 0.4) is 0 Å². The average molecular weight is 420 g/mol. The van der Waals surface area contributed by atoms with Crippen molar-refractivity contribution in [2.75, 3.05) is 19.0 Å². The van der Waals surface area contributed by atoms with Crippen molar-refractivity contribution in [3.63, 3.8) is 0 Å². The highest BCUT2D eigenvalue weighted by molar-refractivity contribution is 5.99. The van der Waals surface area contributed by atoms with Crippen molar-refractivity contribution >= 4 is 23.3 Å². The average Bonchev–Trinajstić information content (AvgIpc) is 2.70. The van der Waals surface area contributed by atoms with Gasteiger partial charge in [0, 0.05) is 11.8 Å². The molecular weight excluding hydrogens is 399 g/mol. The molecule has 2 aromatic rings. The van der Waals surface area contributed by atoms with Crippen LogP contribution in [0.5, 0.6) is 11.5 Å². The Hall–Kier alpha value is -3.69. The molecule has 2 aromatic carbocycles. The van der Waals surface area contributed by atoms with E-state index in [0.29, 0.717) is 5.56 Å².